The third-order valence-corrected chi connectivity index (χ3v) is 7.47. The van der Waals surface area contributed by atoms with E-state index in [2.05, 4.69) is 29.1 Å². The lowest BCUT2D eigenvalue weighted by Crippen LogP contribution is -2.45. The summed E-state index contributed by atoms with van der Waals surface area (Å²) in [6, 6.07) is 14.2. The molecule has 1 aromatic heterocycles. The molecule has 0 bridgehead atoms. The van der Waals surface area contributed by atoms with Gasteiger partial charge >= 0.3 is 0 Å². The number of nitrogens with zero attached hydrogens (tertiary/aromatic N) is 3. The Morgan fingerprint density at radius 1 is 1.17 bits per heavy atom. The highest BCUT2D eigenvalue weighted by Crippen LogP contribution is 2.51. The molecule has 6 nitrogen and oxygen atoms in total. The van der Waals surface area contributed by atoms with Crippen molar-refractivity contribution >= 4 is 11.5 Å². The zero-order valence-electron chi connectivity index (χ0n) is 21.2. The number of carbonyl (C=O) groups excluding carboxylic acids is 1. The third kappa shape index (κ3) is 4.38. The minimum Gasteiger partial charge on any atom is -0.515 e. The molecule has 2 heterocycles. The van der Waals surface area contributed by atoms with Crippen molar-refractivity contribution in [1.82, 2.24) is 9.88 Å². The lowest BCUT2D eigenvalue weighted by Gasteiger charge is -2.48. The van der Waals surface area contributed by atoms with Crippen LogP contribution in [-0.4, -0.2) is 40.6 Å². The molecule has 5 rings (SSSR count). The van der Waals surface area contributed by atoms with Crippen LogP contribution in [0.15, 0.2) is 76.8 Å². The summed E-state index contributed by atoms with van der Waals surface area (Å²) in [6.45, 7) is 6.01. The molecule has 1 fully saturated rings. The highest BCUT2D eigenvalue weighted by atomic mass is 16.5. The SMILES string of the molecule is CC.COc1cc(C2N=C(c3ccccc3)C3=C(C4C/C(=C/O)C(=O)C(C)C4CC3)N2C)ccn1. The Morgan fingerprint density at radius 2 is 1.91 bits per heavy atom. The summed E-state index contributed by atoms with van der Waals surface area (Å²) in [6.07, 6.45) is 4.93. The van der Waals surface area contributed by atoms with Gasteiger partial charge in [0.2, 0.25) is 5.88 Å². The Hall–Kier alpha value is -3.41. The second-order valence-corrected chi connectivity index (χ2v) is 9.14. The maximum atomic E-state index is 12.8. The number of allylic oxidation sites excluding steroid dienone is 3. The molecule has 2 aromatic rings. The van der Waals surface area contributed by atoms with Crippen LogP contribution in [0.5, 0.6) is 5.88 Å². The average Bonchev–Trinajstić information content (AvgIpc) is 2.92. The number of hydrogen-bond donors (Lipinski definition) is 1. The van der Waals surface area contributed by atoms with Gasteiger partial charge in [0.1, 0.15) is 6.17 Å². The number of pyridine rings is 1. The highest BCUT2D eigenvalue weighted by Gasteiger charge is 2.46. The van der Waals surface area contributed by atoms with Crippen LogP contribution in [0, 0.1) is 17.8 Å². The summed E-state index contributed by atoms with van der Waals surface area (Å²) >= 11 is 0. The molecule has 0 amide bonds. The lowest BCUT2D eigenvalue weighted by atomic mass is 9.62. The molecule has 4 unspecified atom stereocenters. The first-order valence-electron chi connectivity index (χ1n) is 12.5. The van der Waals surface area contributed by atoms with E-state index in [4.69, 9.17) is 9.73 Å². The van der Waals surface area contributed by atoms with Gasteiger partial charge in [-0.3, -0.25) is 9.79 Å². The number of rotatable bonds is 3. The van der Waals surface area contributed by atoms with Crippen LogP contribution in [0.2, 0.25) is 0 Å². The highest BCUT2D eigenvalue weighted by molar-refractivity contribution is 6.13. The number of Topliss-reactive ketones (excluding diaryl/α,β-unsaturated/α-hetero) is 1. The fraction of sp³-hybridized carbons (Fsp3) is 0.414. The number of fused-ring (bicyclic) bond motifs is 2. The molecule has 184 valence electrons. The van der Waals surface area contributed by atoms with Gasteiger partial charge in [0.15, 0.2) is 5.78 Å². The maximum Gasteiger partial charge on any atom is 0.213 e. The molecule has 1 aliphatic heterocycles. The number of benzene rings is 1. The monoisotopic (exact) mass is 473 g/mol. The topological polar surface area (TPSA) is 75.0 Å². The Bertz CT molecular complexity index is 1170. The molecular weight excluding hydrogens is 438 g/mol. The molecule has 6 heteroatoms. The van der Waals surface area contributed by atoms with Crippen molar-refractivity contribution in [2.75, 3.05) is 14.2 Å². The fourth-order valence-electron chi connectivity index (χ4n) is 5.83. The van der Waals surface area contributed by atoms with Crippen molar-refractivity contribution in [3.05, 3.63) is 82.9 Å². The van der Waals surface area contributed by atoms with Gasteiger partial charge in [-0.25, -0.2) is 4.98 Å². The molecule has 0 radical (unpaired) electrons. The molecule has 1 aromatic carbocycles. The zero-order chi connectivity index (χ0) is 25.1. The molecule has 3 aliphatic rings. The van der Waals surface area contributed by atoms with Gasteiger partial charge in [0, 0.05) is 53.5 Å². The van der Waals surface area contributed by atoms with E-state index < -0.39 is 0 Å². The molecule has 2 aliphatic carbocycles. The van der Waals surface area contributed by atoms with E-state index in [0.717, 1.165) is 35.9 Å². The van der Waals surface area contributed by atoms with Crippen molar-refractivity contribution in [2.24, 2.45) is 22.7 Å². The lowest BCUT2D eigenvalue weighted by molar-refractivity contribution is -0.123. The number of aliphatic hydroxyl groups excluding tert-OH is 1. The summed E-state index contributed by atoms with van der Waals surface area (Å²) in [5, 5.41) is 9.79. The molecule has 0 spiro atoms. The number of hydrogen-bond acceptors (Lipinski definition) is 6. The predicted octanol–water partition coefficient (Wildman–Crippen LogP) is 5.88. The predicted molar refractivity (Wildman–Crippen MR) is 138 cm³/mol. The first kappa shape index (κ1) is 24.7. The Balaban J connectivity index is 0.00000141. The smallest absolute Gasteiger partial charge is 0.213 e. The van der Waals surface area contributed by atoms with Gasteiger partial charge in [0.25, 0.3) is 0 Å². The average molecular weight is 474 g/mol. The van der Waals surface area contributed by atoms with E-state index in [1.165, 1.54) is 11.3 Å². The Morgan fingerprint density at radius 3 is 2.60 bits per heavy atom. The van der Waals surface area contributed by atoms with E-state index >= 15 is 0 Å². The number of carbonyl (C=O) groups is 1. The standard InChI is InChI=1S/C27H29N3O3.C2H6/c1-16-20-9-10-21-24(17-7-5-4-6-8-17)29-27(18-11-12-28-23(14-18)33-3)30(2)25(21)22(20)13-19(15-31)26(16)32;1-2/h4-8,11-12,14-16,20,22,27,31H,9-10,13H2,1-3H3;1-2H3/b19-15-;. The van der Waals surface area contributed by atoms with Gasteiger partial charge in [-0.1, -0.05) is 51.1 Å². The van der Waals surface area contributed by atoms with E-state index in [1.807, 2.05) is 51.1 Å². The molecule has 4 atom stereocenters. The fourth-order valence-corrected chi connectivity index (χ4v) is 5.83. The van der Waals surface area contributed by atoms with Crippen LogP contribution in [0.3, 0.4) is 0 Å². The van der Waals surface area contributed by atoms with Gasteiger partial charge in [-0.15, -0.1) is 0 Å². The van der Waals surface area contributed by atoms with Crippen LogP contribution < -0.4 is 4.74 Å². The van der Waals surface area contributed by atoms with Crippen LogP contribution in [0.1, 0.15) is 57.3 Å². The number of methoxy groups -OCH3 is 1. The third-order valence-electron chi connectivity index (χ3n) is 7.47. The van der Waals surface area contributed by atoms with Gasteiger partial charge in [-0.05, 0) is 36.8 Å². The van der Waals surface area contributed by atoms with Crippen molar-refractivity contribution in [3.8, 4) is 5.88 Å². The Labute approximate surface area is 208 Å². The summed E-state index contributed by atoms with van der Waals surface area (Å²) in [4.78, 5) is 24.6. The van der Waals surface area contributed by atoms with E-state index in [1.54, 1.807) is 13.3 Å². The first-order valence-corrected chi connectivity index (χ1v) is 12.5. The summed E-state index contributed by atoms with van der Waals surface area (Å²) in [5.41, 5.74) is 6.13. The number of aliphatic hydroxyl groups is 1. The molecule has 1 saturated carbocycles. The van der Waals surface area contributed by atoms with Crippen molar-refractivity contribution in [1.29, 1.82) is 0 Å². The largest absolute Gasteiger partial charge is 0.515 e. The minimum atomic E-state index is -0.232. The number of ketones is 1. The van der Waals surface area contributed by atoms with Crippen LogP contribution in [0.25, 0.3) is 0 Å². The normalized spacial score (nSPS) is 26.9. The van der Waals surface area contributed by atoms with Crippen molar-refractivity contribution < 1.29 is 14.6 Å². The molecule has 35 heavy (non-hydrogen) atoms. The number of aliphatic imine (C=N–C) groups is 1. The summed E-state index contributed by atoms with van der Waals surface area (Å²) in [7, 11) is 3.70. The van der Waals surface area contributed by atoms with Crippen molar-refractivity contribution in [2.45, 2.75) is 46.2 Å². The maximum absolute atomic E-state index is 12.8. The minimum absolute atomic E-state index is 0.0774. The van der Waals surface area contributed by atoms with E-state index in [0.29, 0.717) is 17.9 Å². The van der Waals surface area contributed by atoms with Gasteiger partial charge in [0.05, 0.1) is 19.1 Å². The summed E-state index contributed by atoms with van der Waals surface area (Å²) in [5.74, 6) is 0.938. The molecule has 0 saturated heterocycles. The van der Waals surface area contributed by atoms with Crippen LogP contribution >= 0.6 is 0 Å². The van der Waals surface area contributed by atoms with Gasteiger partial charge in [-0.2, -0.15) is 0 Å². The molecular formula is C29H35N3O3. The van der Waals surface area contributed by atoms with E-state index in [-0.39, 0.29) is 29.7 Å². The van der Waals surface area contributed by atoms with Crippen LogP contribution in [0.4, 0.5) is 0 Å². The quantitative estimate of drug-likeness (QED) is 0.445. The van der Waals surface area contributed by atoms with E-state index in [9.17, 15) is 9.90 Å². The first-order chi connectivity index (χ1) is 17.0. The number of aromatic nitrogens is 1. The number of ether oxygens (including phenoxy) is 1. The second-order valence-electron chi connectivity index (χ2n) is 9.14. The summed E-state index contributed by atoms with van der Waals surface area (Å²) < 4.78 is 5.38. The molecule has 1 N–H and O–H groups in total. The second kappa shape index (κ2) is 10.5. The van der Waals surface area contributed by atoms with Crippen molar-refractivity contribution in [3.63, 3.8) is 0 Å². The van der Waals surface area contributed by atoms with Gasteiger partial charge < -0.3 is 14.7 Å². The Kier molecular flexibility index (Phi) is 7.39. The van der Waals surface area contributed by atoms with Crippen LogP contribution in [-0.2, 0) is 4.79 Å². The zero-order valence-corrected chi connectivity index (χ0v) is 21.2.